The zero-order valence-electron chi connectivity index (χ0n) is 17.2. The lowest BCUT2D eigenvalue weighted by Gasteiger charge is -2.48. The maximum absolute atomic E-state index is 13.3. The summed E-state index contributed by atoms with van der Waals surface area (Å²) in [5.41, 5.74) is 0.165. The number of fused-ring (bicyclic) bond motifs is 2. The summed E-state index contributed by atoms with van der Waals surface area (Å²) >= 11 is 0. The maximum atomic E-state index is 13.3. The van der Waals surface area contributed by atoms with Crippen LogP contribution in [0.4, 0.5) is 18.0 Å². The third kappa shape index (κ3) is 4.02. The Balaban J connectivity index is 1.73. The molecule has 1 amide bonds. The van der Waals surface area contributed by atoms with Crippen LogP contribution in [-0.2, 0) is 16.4 Å². The lowest BCUT2D eigenvalue weighted by molar-refractivity contribution is -0.137. The molecule has 2 N–H and O–H groups in total. The number of carbonyl (C=O) groups is 2. The molecule has 2 heterocycles. The van der Waals surface area contributed by atoms with Gasteiger partial charge in [-0.2, -0.15) is 13.2 Å². The van der Waals surface area contributed by atoms with Crippen LogP contribution < -0.4 is 5.32 Å². The molecule has 0 radical (unpaired) electrons. The van der Waals surface area contributed by atoms with Crippen LogP contribution in [0, 0.1) is 0 Å². The van der Waals surface area contributed by atoms with Crippen molar-refractivity contribution in [2.24, 2.45) is 0 Å². The minimum absolute atomic E-state index is 0.144. The van der Waals surface area contributed by atoms with Gasteiger partial charge in [-0.05, 0) is 54.8 Å². The lowest BCUT2D eigenvalue weighted by atomic mass is 9.67. The fourth-order valence-corrected chi connectivity index (χ4v) is 4.87. The number of nitrogens with zero attached hydrogens (tertiary/aromatic N) is 1. The van der Waals surface area contributed by atoms with E-state index in [0.717, 1.165) is 54.6 Å². The van der Waals surface area contributed by atoms with E-state index in [2.05, 4.69) is 5.32 Å². The summed E-state index contributed by atoms with van der Waals surface area (Å²) in [7, 11) is 0. The van der Waals surface area contributed by atoms with Crippen molar-refractivity contribution in [1.29, 1.82) is 0 Å². The first-order chi connectivity index (χ1) is 15.2. The number of piperidine rings is 1. The summed E-state index contributed by atoms with van der Waals surface area (Å²) in [5.74, 6) is -0.569. The Labute approximate surface area is 183 Å². The van der Waals surface area contributed by atoms with E-state index in [1.54, 1.807) is 12.1 Å². The third-order valence-electron chi connectivity index (χ3n) is 6.38. The van der Waals surface area contributed by atoms with Crippen LogP contribution in [0.3, 0.4) is 0 Å². The Hall–Kier alpha value is -3.13. The maximum Gasteiger partial charge on any atom is 0.416 e. The van der Waals surface area contributed by atoms with Crippen LogP contribution in [0.1, 0.15) is 41.1 Å². The smallest absolute Gasteiger partial charge is 0.416 e. The van der Waals surface area contributed by atoms with Crippen molar-refractivity contribution >= 4 is 18.0 Å². The number of halogens is 3. The molecule has 0 bridgehead atoms. The Morgan fingerprint density at radius 2 is 1.72 bits per heavy atom. The number of amides is 1. The SMILES string of the molecule is O=C(C=Cc1ccccc1C(F)(F)F)C1c2ccccc2C2(CCNCC2)CN1C(=O)O. The van der Waals surface area contributed by atoms with E-state index in [1.165, 1.54) is 18.2 Å². The highest BCUT2D eigenvalue weighted by Crippen LogP contribution is 2.45. The first-order valence-electron chi connectivity index (χ1n) is 10.4. The molecule has 8 heteroatoms. The molecule has 2 aliphatic rings. The van der Waals surface area contributed by atoms with Gasteiger partial charge in [0.25, 0.3) is 0 Å². The monoisotopic (exact) mass is 444 g/mol. The number of alkyl halides is 3. The summed E-state index contributed by atoms with van der Waals surface area (Å²) in [5, 5.41) is 13.2. The predicted molar refractivity (Wildman–Crippen MR) is 113 cm³/mol. The number of rotatable bonds is 3. The minimum atomic E-state index is -4.56. The Bertz CT molecular complexity index is 1060. The molecule has 2 aromatic rings. The second-order valence-corrected chi connectivity index (χ2v) is 8.25. The summed E-state index contributed by atoms with van der Waals surface area (Å²) in [6.45, 7) is 1.66. The molecule has 2 aromatic carbocycles. The van der Waals surface area contributed by atoms with Gasteiger partial charge in [0.05, 0.1) is 5.56 Å². The van der Waals surface area contributed by atoms with Crippen LogP contribution in [0.15, 0.2) is 54.6 Å². The van der Waals surface area contributed by atoms with Crippen molar-refractivity contribution in [2.75, 3.05) is 19.6 Å². The van der Waals surface area contributed by atoms with E-state index in [-0.39, 0.29) is 17.5 Å². The van der Waals surface area contributed by atoms with Crippen LogP contribution in [-0.4, -0.2) is 41.5 Å². The van der Waals surface area contributed by atoms with Gasteiger partial charge in [0.15, 0.2) is 5.78 Å². The number of hydrogen-bond donors (Lipinski definition) is 2. The van der Waals surface area contributed by atoms with Gasteiger partial charge in [-0.15, -0.1) is 0 Å². The summed E-state index contributed by atoms with van der Waals surface area (Å²) < 4.78 is 39.9. The summed E-state index contributed by atoms with van der Waals surface area (Å²) in [6, 6.07) is 11.2. The van der Waals surface area contributed by atoms with Gasteiger partial charge in [0.1, 0.15) is 6.04 Å². The molecule has 32 heavy (non-hydrogen) atoms. The largest absolute Gasteiger partial charge is 0.465 e. The highest BCUT2D eigenvalue weighted by Gasteiger charge is 2.47. The molecule has 0 saturated carbocycles. The van der Waals surface area contributed by atoms with Crippen molar-refractivity contribution in [2.45, 2.75) is 30.5 Å². The predicted octanol–water partition coefficient (Wildman–Crippen LogP) is 4.64. The standard InChI is InChI=1S/C24H23F3N2O3/c25-24(26,27)18-7-3-1-5-16(18)9-10-20(30)21-17-6-2-4-8-19(17)23(11-13-28-14-12-23)15-29(21)22(31)32/h1-10,21,28H,11-15H2,(H,31,32). The van der Waals surface area contributed by atoms with Crippen molar-refractivity contribution in [1.82, 2.24) is 10.2 Å². The Morgan fingerprint density at radius 1 is 1.06 bits per heavy atom. The molecule has 1 unspecified atom stereocenters. The quantitative estimate of drug-likeness (QED) is 0.677. The van der Waals surface area contributed by atoms with Gasteiger partial charge in [-0.25, -0.2) is 4.79 Å². The van der Waals surface area contributed by atoms with Gasteiger partial charge in [0.2, 0.25) is 0 Å². The average Bonchev–Trinajstić information content (AvgIpc) is 2.77. The molecule has 1 atom stereocenters. The average molecular weight is 444 g/mol. The third-order valence-corrected chi connectivity index (χ3v) is 6.38. The Kier molecular flexibility index (Phi) is 5.81. The molecule has 1 fully saturated rings. The number of nitrogens with one attached hydrogen (secondary N) is 1. The van der Waals surface area contributed by atoms with E-state index in [9.17, 15) is 27.9 Å². The van der Waals surface area contributed by atoms with Crippen LogP contribution in [0.5, 0.6) is 0 Å². The molecule has 5 nitrogen and oxygen atoms in total. The van der Waals surface area contributed by atoms with Crippen molar-refractivity contribution in [3.63, 3.8) is 0 Å². The highest BCUT2D eigenvalue weighted by atomic mass is 19.4. The summed E-state index contributed by atoms with van der Waals surface area (Å²) in [6.07, 6.45) is -2.13. The highest BCUT2D eigenvalue weighted by molar-refractivity contribution is 6.00. The molecule has 0 aliphatic carbocycles. The van der Waals surface area contributed by atoms with E-state index >= 15 is 0 Å². The van der Waals surface area contributed by atoms with Gasteiger partial charge >= 0.3 is 12.3 Å². The van der Waals surface area contributed by atoms with E-state index in [4.69, 9.17) is 0 Å². The second-order valence-electron chi connectivity index (χ2n) is 8.25. The first-order valence-corrected chi connectivity index (χ1v) is 10.4. The molecule has 4 rings (SSSR count). The lowest BCUT2D eigenvalue weighted by Crippen LogP contribution is -2.55. The fraction of sp³-hybridized carbons (Fsp3) is 0.333. The molecule has 2 aliphatic heterocycles. The van der Waals surface area contributed by atoms with Crippen molar-refractivity contribution < 1.29 is 27.9 Å². The van der Waals surface area contributed by atoms with E-state index in [0.29, 0.717) is 5.56 Å². The van der Waals surface area contributed by atoms with Gasteiger partial charge in [-0.3, -0.25) is 9.69 Å². The number of carbonyl (C=O) groups excluding carboxylic acids is 1. The number of benzene rings is 2. The van der Waals surface area contributed by atoms with Gasteiger partial charge in [-0.1, -0.05) is 48.5 Å². The second kappa shape index (κ2) is 8.43. The van der Waals surface area contributed by atoms with Gasteiger partial charge in [0, 0.05) is 12.0 Å². The molecule has 168 valence electrons. The summed E-state index contributed by atoms with van der Waals surface area (Å²) in [4.78, 5) is 26.5. The molecular weight excluding hydrogens is 421 g/mol. The minimum Gasteiger partial charge on any atom is -0.465 e. The van der Waals surface area contributed by atoms with Crippen LogP contribution in [0.2, 0.25) is 0 Å². The van der Waals surface area contributed by atoms with Crippen LogP contribution in [0.25, 0.3) is 6.08 Å². The number of hydrogen-bond acceptors (Lipinski definition) is 3. The van der Waals surface area contributed by atoms with Gasteiger partial charge < -0.3 is 10.4 Å². The molecule has 0 aromatic heterocycles. The number of ketones is 1. The van der Waals surface area contributed by atoms with Crippen molar-refractivity contribution in [3.8, 4) is 0 Å². The molecule has 1 saturated heterocycles. The normalized spacial score (nSPS) is 20.3. The Morgan fingerprint density at radius 3 is 2.41 bits per heavy atom. The van der Waals surface area contributed by atoms with E-state index in [1.807, 2.05) is 12.1 Å². The zero-order chi connectivity index (χ0) is 22.9. The topological polar surface area (TPSA) is 69.6 Å². The number of carboxylic acid groups (broad SMARTS) is 1. The van der Waals surface area contributed by atoms with Crippen molar-refractivity contribution in [3.05, 3.63) is 76.9 Å². The zero-order valence-corrected chi connectivity index (χ0v) is 17.2. The molecule has 1 spiro atoms. The van der Waals surface area contributed by atoms with Crippen LogP contribution >= 0.6 is 0 Å². The first kappa shape index (κ1) is 22.1. The van der Waals surface area contributed by atoms with E-state index < -0.39 is 29.7 Å². The molecular formula is C24H23F3N2O3. The fourth-order valence-electron chi connectivity index (χ4n) is 4.87.